The van der Waals surface area contributed by atoms with Crippen molar-refractivity contribution in [2.75, 3.05) is 49.6 Å². The zero-order chi connectivity index (χ0) is 17.6. The van der Waals surface area contributed by atoms with E-state index >= 15 is 0 Å². The van der Waals surface area contributed by atoms with E-state index in [1.54, 1.807) is 11.0 Å². The van der Waals surface area contributed by atoms with Gasteiger partial charge in [-0.05, 0) is 24.3 Å². The molecule has 1 amide bonds. The third kappa shape index (κ3) is 4.37. The molecule has 1 saturated heterocycles. The van der Waals surface area contributed by atoms with Gasteiger partial charge in [0.25, 0.3) is 0 Å². The Bertz CT molecular complexity index is 699. The van der Waals surface area contributed by atoms with Crippen LogP contribution in [0.1, 0.15) is 6.42 Å². The van der Waals surface area contributed by atoms with E-state index < -0.39 is 0 Å². The maximum atomic E-state index is 13.9. The molecule has 25 heavy (non-hydrogen) atoms. The van der Waals surface area contributed by atoms with Crippen molar-refractivity contribution in [3.05, 3.63) is 60.4 Å². The van der Waals surface area contributed by atoms with Crippen LogP contribution in [-0.2, 0) is 4.79 Å². The lowest BCUT2D eigenvalue weighted by Crippen LogP contribution is -2.47. The number of hydrogen-bond acceptors (Lipinski definition) is 3. The molecular weight excluding hydrogens is 317 g/mol. The van der Waals surface area contributed by atoms with Gasteiger partial charge in [0.05, 0.1) is 5.69 Å². The minimum Gasteiger partial charge on any atom is -0.367 e. The number of benzene rings is 2. The van der Waals surface area contributed by atoms with Crippen molar-refractivity contribution in [1.29, 1.82) is 0 Å². The van der Waals surface area contributed by atoms with Crippen molar-refractivity contribution < 1.29 is 9.18 Å². The molecule has 0 saturated carbocycles. The average Bonchev–Trinajstić information content (AvgIpc) is 2.67. The number of amides is 1. The molecule has 0 unspecified atom stereocenters. The van der Waals surface area contributed by atoms with Crippen molar-refractivity contribution >= 4 is 17.3 Å². The maximum Gasteiger partial charge on any atom is 0.228 e. The van der Waals surface area contributed by atoms with Gasteiger partial charge in [-0.25, -0.2) is 4.39 Å². The van der Waals surface area contributed by atoms with E-state index in [1.165, 1.54) is 6.07 Å². The zero-order valence-corrected chi connectivity index (χ0v) is 14.6. The van der Waals surface area contributed by atoms with Gasteiger partial charge in [0.2, 0.25) is 5.91 Å². The third-order valence-corrected chi connectivity index (χ3v) is 4.72. The van der Waals surface area contributed by atoms with Crippen molar-refractivity contribution in [1.82, 2.24) is 4.90 Å². The second kappa shape index (κ2) is 8.12. The first-order valence-corrected chi connectivity index (χ1v) is 8.68. The Balaban J connectivity index is 1.46. The topological polar surface area (TPSA) is 26.8 Å². The summed E-state index contributed by atoms with van der Waals surface area (Å²) < 4.78 is 13.9. The van der Waals surface area contributed by atoms with Gasteiger partial charge >= 0.3 is 0 Å². The molecule has 0 spiro atoms. The Morgan fingerprint density at radius 1 is 1.00 bits per heavy atom. The van der Waals surface area contributed by atoms with Crippen LogP contribution in [0.5, 0.6) is 0 Å². The van der Waals surface area contributed by atoms with E-state index in [0.717, 1.165) is 38.4 Å². The number of carbonyl (C=O) groups is 1. The van der Waals surface area contributed by atoms with E-state index in [2.05, 4.69) is 9.80 Å². The van der Waals surface area contributed by atoms with Gasteiger partial charge in [0, 0.05) is 51.9 Å². The van der Waals surface area contributed by atoms with Crippen molar-refractivity contribution in [3.63, 3.8) is 0 Å². The van der Waals surface area contributed by atoms with Crippen LogP contribution in [0.4, 0.5) is 15.8 Å². The fourth-order valence-electron chi connectivity index (χ4n) is 3.14. The molecular formula is C20H24FN3O. The van der Waals surface area contributed by atoms with Gasteiger partial charge in [-0.3, -0.25) is 9.69 Å². The molecule has 1 heterocycles. The van der Waals surface area contributed by atoms with Crippen LogP contribution in [0.25, 0.3) is 0 Å². The molecule has 4 nitrogen and oxygen atoms in total. The average molecular weight is 341 g/mol. The smallest absolute Gasteiger partial charge is 0.228 e. The quantitative estimate of drug-likeness (QED) is 0.836. The lowest BCUT2D eigenvalue weighted by molar-refractivity contribution is -0.118. The highest BCUT2D eigenvalue weighted by atomic mass is 19.1. The lowest BCUT2D eigenvalue weighted by atomic mass is 10.2. The normalized spacial score (nSPS) is 15.2. The Morgan fingerprint density at radius 3 is 2.32 bits per heavy atom. The summed E-state index contributed by atoms with van der Waals surface area (Å²) >= 11 is 0. The SMILES string of the molecule is CN(C(=O)CCN1CCN(c2ccccc2F)CC1)c1ccccc1. The summed E-state index contributed by atoms with van der Waals surface area (Å²) in [6, 6.07) is 16.6. The molecule has 3 rings (SSSR count). The molecule has 0 bridgehead atoms. The Hall–Kier alpha value is -2.40. The number of rotatable bonds is 5. The maximum absolute atomic E-state index is 13.9. The zero-order valence-electron chi connectivity index (χ0n) is 14.6. The van der Waals surface area contributed by atoms with Crippen LogP contribution in [-0.4, -0.2) is 50.6 Å². The lowest BCUT2D eigenvalue weighted by Gasteiger charge is -2.36. The minimum absolute atomic E-state index is 0.114. The van der Waals surface area contributed by atoms with E-state index in [9.17, 15) is 9.18 Å². The molecule has 2 aromatic rings. The summed E-state index contributed by atoms with van der Waals surface area (Å²) in [4.78, 5) is 18.4. The summed E-state index contributed by atoms with van der Waals surface area (Å²) in [6.45, 7) is 3.99. The summed E-state index contributed by atoms with van der Waals surface area (Å²) in [5.41, 5.74) is 1.58. The van der Waals surface area contributed by atoms with Gasteiger partial charge in [-0.2, -0.15) is 0 Å². The van der Waals surface area contributed by atoms with E-state index in [1.807, 2.05) is 49.5 Å². The van der Waals surface area contributed by atoms with E-state index in [-0.39, 0.29) is 11.7 Å². The number of halogens is 1. The van der Waals surface area contributed by atoms with E-state index in [4.69, 9.17) is 0 Å². The van der Waals surface area contributed by atoms with Crippen LogP contribution in [0, 0.1) is 5.82 Å². The number of para-hydroxylation sites is 2. The molecule has 1 aliphatic heterocycles. The molecule has 0 aromatic heterocycles. The van der Waals surface area contributed by atoms with Crippen LogP contribution in [0.3, 0.4) is 0 Å². The summed E-state index contributed by atoms with van der Waals surface area (Å²) in [5, 5.41) is 0. The van der Waals surface area contributed by atoms with Crippen LogP contribution in [0.15, 0.2) is 54.6 Å². The number of nitrogens with zero attached hydrogens (tertiary/aromatic N) is 3. The highest BCUT2D eigenvalue weighted by molar-refractivity contribution is 5.92. The standard InChI is InChI=1S/C20H24FN3O/c1-22(17-7-3-2-4-8-17)20(25)11-12-23-13-15-24(16-14-23)19-10-6-5-9-18(19)21/h2-10H,11-16H2,1H3. The highest BCUT2D eigenvalue weighted by Crippen LogP contribution is 2.20. The predicted octanol–water partition coefficient (Wildman–Crippen LogP) is 3.00. The first-order valence-electron chi connectivity index (χ1n) is 8.68. The first-order chi connectivity index (χ1) is 12.1. The summed E-state index contributed by atoms with van der Waals surface area (Å²) in [7, 11) is 1.81. The summed E-state index contributed by atoms with van der Waals surface area (Å²) in [5.74, 6) is -0.0571. The van der Waals surface area contributed by atoms with Crippen molar-refractivity contribution in [2.45, 2.75) is 6.42 Å². The highest BCUT2D eigenvalue weighted by Gasteiger charge is 2.20. The van der Waals surface area contributed by atoms with Crippen LogP contribution < -0.4 is 9.80 Å². The molecule has 0 N–H and O–H groups in total. The third-order valence-electron chi connectivity index (χ3n) is 4.72. The van der Waals surface area contributed by atoms with Gasteiger partial charge in [0.1, 0.15) is 5.82 Å². The molecule has 1 aliphatic rings. The Morgan fingerprint density at radius 2 is 1.64 bits per heavy atom. The summed E-state index contributed by atoms with van der Waals surface area (Å²) in [6.07, 6.45) is 0.491. The molecule has 0 radical (unpaired) electrons. The van der Waals surface area contributed by atoms with Crippen LogP contribution in [0.2, 0.25) is 0 Å². The second-order valence-electron chi connectivity index (χ2n) is 6.32. The number of anilines is 2. The molecule has 0 atom stereocenters. The number of hydrogen-bond donors (Lipinski definition) is 0. The second-order valence-corrected chi connectivity index (χ2v) is 6.32. The molecule has 5 heteroatoms. The Kier molecular flexibility index (Phi) is 5.66. The Labute approximate surface area is 148 Å². The number of piperazine rings is 1. The molecule has 1 fully saturated rings. The van der Waals surface area contributed by atoms with Gasteiger partial charge in [-0.15, -0.1) is 0 Å². The van der Waals surface area contributed by atoms with Crippen molar-refractivity contribution in [3.8, 4) is 0 Å². The van der Waals surface area contributed by atoms with Gasteiger partial charge in [0.15, 0.2) is 0 Å². The van der Waals surface area contributed by atoms with E-state index in [0.29, 0.717) is 12.1 Å². The first kappa shape index (κ1) is 17.4. The van der Waals surface area contributed by atoms with Crippen molar-refractivity contribution in [2.24, 2.45) is 0 Å². The van der Waals surface area contributed by atoms with Gasteiger partial charge < -0.3 is 9.80 Å². The van der Waals surface area contributed by atoms with Crippen LogP contribution >= 0.6 is 0 Å². The van der Waals surface area contributed by atoms with Gasteiger partial charge in [-0.1, -0.05) is 30.3 Å². The number of carbonyl (C=O) groups excluding carboxylic acids is 1. The largest absolute Gasteiger partial charge is 0.367 e. The fraction of sp³-hybridized carbons (Fsp3) is 0.350. The molecule has 0 aliphatic carbocycles. The monoisotopic (exact) mass is 341 g/mol. The fourth-order valence-corrected chi connectivity index (χ4v) is 3.14. The molecule has 2 aromatic carbocycles. The molecule has 132 valence electrons. The predicted molar refractivity (Wildman–Crippen MR) is 99.5 cm³/mol. The minimum atomic E-state index is -0.171.